The minimum atomic E-state index is -0.837. The maximum atomic E-state index is 13.1. The number of urea groups is 1. The fourth-order valence-electron chi connectivity index (χ4n) is 3.34. The first-order valence-electron chi connectivity index (χ1n) is 10.6. The molecule has 36 heavy (non-hydrogen) atoms. The van der Waals surface area contributed by atoms with Gasteiger partial charge in [-0.3, -0.25) is 14.9 Å². The third-order valence-corrected chi connectivity index (χ3v) is 5.96. The Bertz CT molecular complexity index is 1400. The Kier molecular flexibility index (Phi) is 7.74. The highest BCUT2D eigenvalue weighted by atomic mass is 79.9. The van der Waals surface area contributed by atoms with Crippen LogP contribution in [-0.4, -0.2) is 24.5 Å². The lowest BCUT2D eigenvalue weighted by atomic mass is 10.1. The number of anilines is 1. The SMILES string of the molecule is C#CCOc1ccc(/C=C2\C(=O)NC(=O)N(c3ccc(OCc4ccc(Cl)cc4)cc3)C2=O)cc1Br. The number of barbiturate groups is 1. The highest BCUT2D eigenvalue weighted by Crippen LogP contribution is 2.29. The molecule has 1 saturated heterocycles. The molecular weight excluding hydrogens is 548 g/mol. The third-order valence-electron chi connectivity index (χ3n) is 5.09. The van der Waals surface area contributed by atoms with Gasteiger partial charge >= 0.3 is 6.03 Å². The highest BCUT2D eigenvalue weighted by molar-refractivity contribution is 9.10. The smallest absolute Gasteiger partial charge is 0.335 e. The monoisotopic (exact) mass is 564 g/mol. The van der Waals surface area contributed by atoms with E-state index in [1.54, 1.807) is 54.6 Å². The van der Waals surface area contributed by atoms with Gasteiger partial charge in [-0.2, -0.15) is 0 Å². The highest BCUT2D eigenvalue weighted by Gasteiger charge is 2.36. The van der Waals surface area contributed by atoms with Crippen LogP contribution in [-0.2, 0) is 16.2 Å². The summed E-state index contributed by atoms with van der Waals surface area (Å²) in [6.07, 6.45) is 6.61. The zero-order valence-electron chi connectivity index (χ0n) is 18.7. The number of nitrogens with zero attached hydrogens (tertiary/aromatic N) is 1. The predicted molar refractivity (Wildman–Crippen MR) is 140 cm³/mol. The third kappa shape index (κ3) is 5.77. The van der Waals surface area contributed by atoms with Gasteiger partial charge in [-0.05, 0) is 81.7 Å². The molecule has 3 aromatic rings. The lowest BCUT2D eigenvalue weighted by Crippen LogP contribution is -2.54. The van der Waals surface area contributed by atoms with Gasteiger partial charge in [0.2, 0.25) is 0 Å². The second-order valence-corrected chi connectivity index (χ2v) is 8.84. The van der Waals surface area contributed by atoms with Crippen LogP contribution in [0.3, 0.4) is 0 Å². The van der Waals surface area contributed by atoms with Crippen molar-refractivity contribution in [1.82, 2.24) is 5.32 Å². The molecule has 3 aromatic carbocycles. The van der Waals surface area contributed by atoms with Crippen molar-refractivity contribution >= 4 is 57.1 Å². The van der Waals surface area contributed by atoms with Crippen LogP contribution in [0.15, 0.2) is 76.8 Å². The number of benzene rings is 3. The summed E-state index contributed by atoms with van der Waals surface area (Å²) < 4.78 is 11.7. The van der Waals surface area contributed by atoms with E-state index in [0.29, 0.717) is 33.2 Å². The molecule has 9 heteroatoms. The number of amides is 4. The van der Waals surface area contributed by atoms with Gasteiger partial charge in [0.25, 0.3) is 11.8 Å². The van der Waals surface area contributed by atoms with Gasteiger partial charge in [0.05, 0.1) is 10.2 Å². The van der Waals surface area contributed by atoms with Gasteiger partial charge in [0.15, 0.2) is 0 Å². The zero-order chi connectivity index (χ0) is 25.7. The van der Waals surface area contributed by atoms with Gasteiger partial charge < -0.3 is 9.47 Å². The summed E-state index contributed by atoms with van der Waals surface area (Å²) in [6.45, 7) is 0.422. The molecule has 4 rings (SSSR count). The molecule has 0 radical (unpaired) electrons. The summed E-state index contributed by atoms with van der Waals surface area (Å²) in [5.74, 6) is 1.91. The Morgan fingerprint density at radius 1 is 1.00 bits per heavy atom. The Morgan fingerprint density at radius 2 is 1.72 bits per heavy atom. The number of hydrogen-bond acceptors (Lipinski definition) is 5. The Balaban J connectivity index is 1.51. The first-order valence-corrected chi connectivity index (χ1v) is 11.8. The van der Waals surface area contributed by atoms with E-state index in [9.17, 15) is 14.4 Å². The van der Waals surface area contributed by atoms with E-state index in [2.05, 4.69) is 27.2 Å². The van der Waals surface area contributed by atoms with Crippen LogP contribution in [0.1, 0.15) is 11.1 Å². The number of carbonyl (C=O) groups is 3. The van der Waals surface area contributed by atoms with Crippen LogP contribution in [0, 0.1) is 12.3 Å². The van der Waals surface area contributed by atoms with Crippen molar-refractivity contribution in [2.75, 3.05) is 11.5 Å². The second-order valence-electron chi connectivity index (χ2n) is 7.55. The number of carbonyl (C=O) groups excluding carboxylic acids is 3. The van der Waals surface area contributed by atoms with Crippen molar-refractivity contribution in [3.8, 4) is 23.8 Å². The normalized spacial score (nSPS) is 14.4. The summed E-state index contributed by atoms with van der Waals surface area (Å²) in [4.78, 5) is 39.0. The average Bonchev–Trinajstić information content (AvgIpc) is 2.86. The molecule has 0 saturated carbocycles. The summed E-state index contributed by atoms with van der Waals surface area (Å²) in [5, 5.41) is 2.84. The van der Waals surface area contributed by atoms with E-state index in [-0.39, 0.29) is 17.9 Å². The Labute approximate surface area is 220 Å². The number of rotatable bonds is 7. The Morgan fingerprint density at radius 3 is 2.39 bits per heavy atom. The van der Waals surface area contributed by atoms with Crippen LogP contribution >= 0.6 is 27.5 Å². The van der Waals surface area contributed by atoms with Crippen LogP contribution in [0.25, 0.3) is 6.08 Å². The first-order chi connectivity index (χ1) is 17.4. The molecule has 0 aromatic heterocycles. The van der Waals surface area contributed by atoms with Crippen molar-refractivity contribution < 1.29 is 23.9 Å². The average molecular weight is 566 g/mol. The van der Waals surface area contributed by atoms with Gasteiger partial charge in [-0.1, -0.05) is 35.7 Å². The molecule has 1 aliphatic heterocycles. The predicted octanol–water partition coefficient (Wildman–Crippen LogP) is 5.36. The number of nitrogens with one attached hydrogen (secondary N) is 1. The lowest BCUT2D eigenvalue weighted by molar-refractivity contribution is -0.122. The van der Waals surface area contributed by atoms with Crippen LogP contribution in [0.5, 0.6) is 11.5 Å². The molecule has 1 aliphatic rings. The van der Waals surface area contributed by atoms with E-state index in [1.807, 2.05) is 12.1 Å². The van der Waals surface area contributed by atoms with Crippen LogP contribution in [0.2, 0.25) is 5.02 Å². The summed E-state index contributed by atoms with van der Waals surface area (Å²) >= 11 is 9.27. The summed E-state index contributed by atoms with van der Waals surface area (Å²) in [7, 11) is 0. The van der Waals surface area contributed by atoms with Crippen molar-refractivity contribution in [3.05, 3.63) is 92.9 Å². The van der Waals surface area contributed by atoms with E-state index < -0.39 is 17.8 Å². The zero-order valence-corrected chi connectivity index (χ0v) is 21.0. The van der Waals surface area contributed by atoms with E-state index in [0.717, 1.165) is 10.5 Å². The fraction of sp³-hybridized carbons (Fsp3) is 0.0741. The summed E-state index contributed by atoms with van der Waals surface area (Å²) in [5.41, 5.74) is 1.58. The molecule has 4 amide bonds. The molecule has 0 atom stereocenters. The molecule has 1 fully saturated rings. The van der Waals surface area contributed by atoms with Gasteiger partial charge in [0.1, 0.15) is 30.3 Å². The summed E-state index contributed by atoms with van der Waals surface area (Å²) in [6, 6.07) is 17.8. The largest absolute Gasteiger partial charge is 0.489 e. The quantitative estimate of drug-likeness (QED) is 0.237. The van der Waals surface area contributed by atoms with Crippen molar-refractivity contribution in [3.63, 3.8) is 0 Å². The number of imide groups is 2. The molecule has 0 spiro atoms. The minimum absolute atomic E-state index is 0.0992. The van der Waals surface area contributed by atoms with Crippen LogP contribution < -0.4 is 19.7 Å². The number of hydrogen-bond donors (Lipinski definition) is 1. The van der Waals surface area contributed by atoms with Crippen molar-refractivity contribution in [2.24, 2.45) is 0 Å². The van der Waals surface area contributed by atoms with Crippen molar-refractivity contribution in [1.29, 1.82) is 0 Å². The lowest BCUT2D eigenvalue weighted by Gasteiger charge is -2.26. The fourth-order valence-corrected chi connectivity index (χ4v) is 3.98. The van der Waals surface area contributed by atoms with Gasteiger partial charge in [0, 0.05) is 5.02 Å². The molecule has 7 nitrogen and oxygen atoms in total. The first kappa shape index (κ1) is 25.0. The van der Waals surface area contributed by atoms with Crippen molar-refractivity contribution in [2.45, 2.75) is 6.61 Å². The molecule has 180 valence electrons. The Hall–Kier alpha value is -4.06. The standard InChI is InChI=1S/C27H18BrClN2O5/c1-2-13-35-24-12-5-18(15-23(24)28)14-22-25(32)30-27(34)31(26(22)33)20-8-10-21(11-9-20)36-16-17-3-6-19(29)7-4-17/h1,3-12,14-15H,13,16H2,(H,30,32,34)/b22-14+. The topological polar surface area (TPSA) is 84.9 Å². The molecule has 0 aliphatic carbocycles. The number of terminal acetylenes is 1. The minimum Gasteiger partial charge on any atom is -0.489 e. The second kappa shape index (κ2) is 11.1. The molecule has 0 bridgehead atoms. The van der Waals surface area contributed by atoms with E-state index in [1.165, 1.54) is 6.08 Å². The van der Waals surface area contributed by atoms with Gasteiger partial charge in [-0.15, -0.1) is 6.42 Å². The molecule has 1 N–H and O–H groups in total. The van der Waals surface area contributed by atoms with E-state index in [4.69, 9.17) is 27.5 Å². The van der Waals surface area contributed by atoms with E-state index >= 15 is 0 Å². The molecule has 1 heterocycles. The number of ether oxygens (including phenoxy) is 2. The van der Waals surface area contributed by atoms with Crippen LogP contribution in [0.4, 0.5) is 10.5 Å². The van der Waals surface area contributed by atoms with Gasteiger partial charge in [-0.25, -0.2) is 9.69 Å². The maximum Gasteiger partial charge on any atom is 0.335 e. The number of halogens is 2. The molecule has 0 unspecified atom stereocenters. The molecular formula is C27H18BrClN2O5. The maximum absolute atomic E-state index is 13.1.